The summed E-state index contributed by atoms with van der Waals surface area (Å²) in [5.41, 5.74) is 6.19. The summed E-state index contributed by atoms with van der Waals surface area (Å²) in [6.45, 7) is 10.0. The van der Waals surface area contributed by atoms with Crippen LogP contribution in [-0.2, 0) is 19.2 Å². The maximum atomic E-state index is 12.9. The molecule has 4 amide bonds. The van der Waals surface area contributed by atoms with Gasteiger partial charge in [-0.3, -0.25) is 24.6 Å². The van der Waals surface area contributed by atoms with Crippen LogP contribution >= 0.6 is 0 Å². The number of hydrogen-bond acceptors (Lipinski definition) is 6. The smallest absolute Gasteiger partial charge is 0.258 e. The van der Waals surface area contributed by atoms with Gasteiger partial charge in [0, 0.05) is 19.6 Å². The Labute approximate surface area is 326 Å². The zero-order valence-electron chi connectivity index (χ0n) is 32.6. The predicted molar refractivity (Wildman–Crippen MR) is 221 cm³/mol. The lowest BCUT2D eigenvalue weighted by atomic mass is 10.0. The monoisotopic (exact) mass is 744 g/mol. The maximum absolute atomic E-state index is 12.9. The van der Waals surface area contributed by atoms with Gasteiger partial charge in [0.1, 0.15) is 11.8 Å². The molecule has 0 unspecified atom stereocenters. The Morgan fingerprint density at radius 2 is 0.782 bits per heavy atom. The van der Waals surface area contributed by atoms with Crippen LogP contribution < -0.4 is 25.5 Å². The van der Waals surface area contributed by atoms with Gasteiger partial charge in [-0.15, -0.1) is 0 Å². The normalized spacial score (nSPS) is 16.4. The summed E-state index contributed by atoms with van der Waals surface area (Å²) >= 11 is 0. The molecule has 3 fully saturated rings. The molecule has 0 spiro atoms. The molecular weight excluding hydrogens is 689 g/mol. The minimum atomic E-state index is -0.588. The molecule has 4 aromatic carbocycles. The van der Waals surface area contributed by atoms with Gasteiger partial charge in [-0.1, -0.05) is 126 Å². The molecule has 1 N–H and O–H groups in total. The van der Waals surface area contributed by atoms with Gasteiger partial charge in [-0.25, -0.2) is 25.0 Å². The van der Waals surface area contributed by atoms with Crippen LogP contribution in [0.15, 0.2) is 121 Å². The summed E-state index contributed by atoms with van der Waals surface area (Å²) in [6, 6.07) is 37.4. The predicted octanol–water partition coefficient (Wildman–Crippen LogP) is 8.57. The van der Waals surface area contributed by atoms with Crippen molar-refractivity contribution in [2.45, 2.75) is 78.6 Å². The molecule has 55 heavy (non-hydrogen) atoms. The van der Waals surface area contributed by atoms with E-state index in [-0.39, 0.29) is 23.6 Å². The Morgan fingerprint density at radius 3 is 1.04 bits per heavy atom. The number of rotatable bonds is 13. The molecule has 3 saturated heterocycles. The van der Waals surface area contributed by atoms with Gasteiger partial charge in [0.05, 0.1) is 22.7 Å². The fraction of sp³-hybridized carbons (Fsp3) is 0.378. The van der Waals surface area contributed by atoms with E-state index in [0.717, 1.165) is 25.7 Å². The summed E-state index contributed by atoms with van der Waals surface area (Å²) < 4.78 is 0. The SMILES string of the molecule is CCCCC1C(=O)N(c2ccccc2)N(c2ccccc2)C1=O.CCCCC1C(=O)N(c2ccccc2)N(c2ccccc2)C1=O.CCCCN1CCCN1. The van der Waals surface area contributed by atoms with E-state index in [2.05, 4.69) is 31.2 Å². The van der Waals surface area contributed by atoms with Crippen LogP contribution in [0.25, 0.3) is 0 Å². The third kappa shape index (κ3) is 10.3. The van der Waals surface area contributed by atoms with Gasteiger partial charge in [0.25, 0.3) is 23.6 Å². The Balaban J connectivity index is 0.000000173. The molecule has 0 saturated carbocycles. The highest BCUT2D eigenvalue weighted by Crippen LogP contribution is 2.35. The number of carbonyl (C=O) groups excluding carboxylic acids is 4. The maximum Gasteiger partial charge on any atom is 0.258 e. The molecule has 3 heterocycles. The second kappa shape index (κ2) is 21.0. The first-order valence-electron chi connectivity index (χ1n) is 20.0. The van der Waals surface area contributed by atoms with Crippen molar-refractivity contribution in [2.24, 2.45) is 11.8 Å². The lowest BCUT2D eigenvalue weighted by Gasteiger charge is -2.27. The first kappa shape index (κ1) is 40.9. The Hall–Kier alpha value is -5.32. The minimum absolute atomic E-state index is 0.140. The van der Waals surface area contributed by atoms with E-state index in [1.54, 1.807) is 0 Å². The van der Waals surface area contributed by atoms with E-state index in [4.69, 9.17) is 0 Å². The Bertz CT molecular complexity index is 1550. The fourth-order valence-electron chi connectivity index (χ4n) is 6.88. The van der Waals surface area contributed by atoms with Crippen molar-refractivity contribution in [1.82, 2.24) is 10.4 Å². The van der Waals surface area contributed by atoms with E-state index in [0.29, 0.717) is 35.6 Å². The average molecular weight is 745 g/mol. The van der Waals surface area contributed by atoms with Crippen molar-refractivity contribution in [2.75, 3.05) is 39.7 Å². The number of carbonyl (C=O) groups is 4. The van der Waals surface area contributed by atoms with Gasteiger partial charge in [0.15, 0.2) is 0 Å². The van der Waals surface area contributed by atoms with Crippen molar-refractivity contribution in [3.05, 3.63) is 121 Å². The zero-order valence-corrected chi connectivity index (χ0v) is 32.6. The summed E-state index contributed by atoms with van der Waals surface area (Å²) in [5, 5.41) is 8.37. The van der Waals surface area contributed by atoms with E-state index in [9.17, 15) is 19.2 Å². The van der Waals surface area contributed by atoms with Crippen LogP contribution in [0.2, 0.25) is 0 Å². The third-order valence-corrected chi connectivity index (χ3v) is 9.84. The van der Waals surface area contributed by atoms with Crippen LogP contribution in [0.5, 0.6) is 0 Å². The van der Waals surface area contributed by atoms with Crippen molar-refractivity contribution >= 4 is 46.4 Å². The van der Waals surface area contributed by atoms with E-state index < -0.39 is 11.8 Å². The molecule has 0 bridgehead atoms. The number of para-hydroxylation sites is 4. The van der Waals surface area contributed by atoms with Gasteiger partial charge < -0.3 is 0 Å². The van der Waals surface area contributed by atoms with Crippen molar-refractivity contribution in [1.29, 1.82) is 0 Å². The van der Waals surface area contributed by atoms with Crippen molar-refractivity contribution in [3.63, 3.8) is 0 Å². The molecule has 3 aliphatic heterocycles. The number of anilines is 4. The van der Waals surface area contributed by atoms with Crippen molar-refractivity contribution in [3.8, 4) is 0 Å². The quantitative estimate of drug-likeness (QED) is 0.138. The highest BCUT2D eigenvalue weighted by Gasteiger charge is 2.47. The van der Waals surface area contributed by atoms with Gasteiger partial charge >= 0.3 is 0 Å². The Kier molecular flexibility index (Phi) is 15.6. The van der Waals surface area contributed by atoms with E-state index in [1.165, 1.54) is 58.9 Å². The molecule has 290 valence electrons. The van der Waals surface area contributed by atoms with Crippen LogP contribution in [0.3, 0.4) is 0 Å². The first-order chi connectivity index (χ1) is 26.9. The largest absolute Gasteiger partial charge is 0.272 e. The van der Waals surface area contributed by atoms with Crippen LogP contribution in [0.1, 0.15) is 78.6 Å². The molecule has 10 heteroatoms. The number of benzene rings is 4. The first-order valence-corrected chi connectivity index (χ1v) is 20.0. The standard InChI is InChI=1S/2C19H20N2O2.C7H16N2/c2*1-2-3-14-17-18(22)20(15-10-6-4-7-11-15)21(19(17)23)16-12-8-5-9-13-16;1-2-3-6-9-7-4-5-8-9/h2*4-13,17H,2-3,14H2,1H3;8H,2-7H2,1H3. The third-order valence-electron chi connectivity index (χ3n) is 9.84. The van der Waals surface area contributed by atoms with Gasteiger partial charge in [-0.2, -0.15) is 0 Å². The molecular formula is C45H56N6O4. The zero-order chi connectivity index (χ0) is 39.0. The minimum Gasteiger partial charge on any atom is -0.272 e. The van der Waals surface area contributed by atoms with Crippen LogP contribution in [0, 0.1) is 11.8 Å². The second-order valence-corrected chi connectivity index (χ2v) is 13.9. The molecule has 4 aromatic rings. The van der Waals surface area contributed by atoms with Crippen LogP contribution in [0.4, 0.5) is 22.7 Å². The number of hydrazine groups is 3. The van der Waals surface area contributed by atoms with E-state index >= 15 is 0 Å². The molecule has 10 nitrogen and oxygen atoms in total. The topological polar surface area (TPSA) is 96.5 Å². The highest BCUT2D eigenvalue weighted by molar-refractivity contribution is 6.23. The summed E-state index contributed by atoms with van der Waals surface area (Å²) in [6.07, 6.45) is 8.82. The average Bonchev–Trinajstić information content (AvgIpc) is 3.91. The molecule has 0 atom stereocenters. The van der Waals surface area contributed by atoms with Gasteiger partial charge in [0.2, 0.25) is 0 Å². The number of nitrogens with zero attached hydrogens (tertiary/aromatic N) is 5. The lowest BCUT2D eigenvalue weighted by molar-refractivity contribution is -0.128. The molecule has 0 radical (unpaired) electrons. The fourth-order valence-corrected chi connectivity index (χ4v) is 6.88. The molecule has 7 rings (SSSR count). The van der Waals surface area contributed by atoms with Crippen LogP contribution in [-0.4, -0.2) is 48.3 Å². The summed E-state index contributed by atoms with van der Waals surface area (Å²) in [7, 11) is 0. The van der Waals surface area contributed by atoms with Crippen molar-refractivity contribution < 1.29 is 19.2 Å². The number of unbranched alkanes of at least 4 members (excludes halogenated alkanes) is 3. The van der Waals surface area contributed by atoms with E-state index in [1.807, 2.05) is 121 Å². The number of nitrogens with one attached hydrogen (secondary N) is 1. The molecule has 3 aliphatic rings. The highest BCUT2D eigenvalue weighted by atomic mass is 16.2. The van der Waals surface area contributed by atoms with Gasteiger partial charge in [-0.05, 0) is 74.2 Å². The summed E-state index contributed by atoms with van der Waals surface area (Å²) in [5.74, 6) is -1.74. The lowest BCUT2D eigenvalue weighted by Crippen LogP contribution is -2.41. The number of hydrogen-bond donors (Lipinski definition) is 1. The molecule has 0 aliphatic carbocycles. The summed E-state index contributed by atoms with van der Waals surface area (Å²) in [4.78, 5) is 51.5. The Morgan fingerprint density at radius 1 is 0.473 bits per heavy atom. The number of amides is 4. The second-order valence-electron chi connectivity index (χ2n) is 13.9. The molecule has 0 aromatic heterocycles.